The van der Waals surface area contributed by atoms with Crippen LogP contribution in [0.5, 0.6) is 0 Å². The van der Waals surface area contributed by atoms with E-state index in [-0.39, 0.29) is 5.91 Å². The maximum absolute atomic E-state index is 12.7. The lowest BCUT2D eigenvalue weighted by molar-refractivity contribution is -0.146. The van der Waals surface area contributed by atoms with Gasteiger partial charge in [0.2, 0.25) is 11.8 Å². The Labute approximate surface area is 155 Å². The van der Waals surface area contributed by atoms with Crippen LogP contribution in [0.3, 0.4) is 0 Å². The maximum atomic E-state index is 12.7. The van der Waals surface area contributed by atoms with Gasteiger partial charge in [-0.1, -0.05) is 30.3 Å². The van der Waals surface area contributed by atoms with Crippen LogP contribution in [0.4, 0.5) is 0 Å². The average molecular weight is 355 g/mol. The molecule has 5 heteroatoms. The highest BCUT2D eigenvalue weighted by Crippen LogP contribution is 2.37. The van der Waals surface area contributed by atoms with Gasteiger partial charge in [0, 0.05) is 45.7 Å². The van der Waals surface area contributed by atoms with Crippen molar-refractivity contribution in [2.45, 2.75) is 38.3 Å². The minimum Gasteiger partial charge on any atom is -0.340 e. The molecule has 1 aromatic carbocycles. The highest BCUT2D eigenvalue weighted by atomic mass is 16.2. The van der Waals surface area contributed by atoms with E-state index in [1.165, 1.54) is 6.42 Å². The van der Waals surface area contributed by atoms with Gasteiger partial charge in [0.15, 0.2) is 0 Å². The van der Waals surface area contributed by atoms with Crippen molar-refractivity contribution in [3.05, 3.63) is 35.9 Å². The molecule has 140 valence electrons. The lowest BCUT2D eigenvalue weighted by Crippen LogP contribution is -2.61. The minimum absolute atomic E-state index is 0.186. The molecule has 3 aliphatic rings. The third kappa shape index (κ3) is 3.63. The van der Waals surface area contributed by atoms with Gasteiger partial charge in [-0.3, -0.25) is 14.5 Å². The molecule has 3 fully saturated rings. The van der Waals surface area contributed by atoms with Gasteiger partial charge < -0.3 is 9.80 Å². The highest BCUT2D eigenvalue weighted by molar-refractivity contribution is 5.78. The number of hydrogen-bond donors (Lipinski definition) is 0. The van der Waals surface area contributed by atoms with Crippen LogP contribution in [0.25, 0.3) is 0 Å². The molecule has 0 spiro atoms. The molecule has 2 amide bonds. The van der Waals surface area contributed by atoms with Crippen molar-refractivity contribution in [1.29, 1.82) is 0 Å². The molecular weight excluding hydrogens is 326 g/mol. The Bertz CT molecular complexity index is 662. The lowest BCUT2D eigenvalue weighted by atomic mass is 9.76. The van der Waals surface area contributed by atoms with E-state index < -0.39 is 0 Å². The second-order valence-electron chi connectivity index (χ2n) is 8.30. The number of rotatable bonds is 4. The molecule has 0 aliphatic carbocycles. The Balaban J connectivity index is 1.35. The van der Waals surface area contributed by atoms with E-state index in [0.717, 1.165) is 44.5 Å². The van der Waals surface area contributed by atoms with Gasteiger partial charge in [-0.25, -0.2) is 0 Å². The highest BCUT2D eigenvalue weighted by Gasteiger charge is 2.44. The van der Waals surface area contributed by atoms with Crippen LogP contribution in [0.2, 0.25) is 0 Å². The molecule has 0 radical (unpaired) electrons. The summed E-state index contributed by atoms with van der Waals surface area (Å²) in [6.45, 7) is 3.95. The van der Waals surface area contributed by atoms with Gasteiger partial charge in [0.05, 0.1) is 6.54 Å². The van der Waals surface area contributed by atoms with E-state index >= 15 is 0 Å². The number of likely N-dealkylation sites (N-methyl/N-ethyl adjacent to an activating group) is 1. The first-order valence-corrected chi connectivity index (χ1v) is 9.90. The van der Waals surface area contributed by atoms with Gasteiger partial charge >= 0.3 is 0 Å². The number of likely N-dealkylation sites (tertiary alicyclic amines) is 1. The zero-order valence-corrected chi connectivity index (χ0v) is 15.6. The maximum Gasteiger partial charge on any atom is 0.236 e. The second kappa shape index (κ2) is 7.39. The van der Waals surface area contributed by atoms with Crippen molar-refractivity contribution in [2.75, 3.05) is 33.2 Å². The quantitative estimate of drug-likeness (QED) is 0.830. The molecule has 1 aromatic rings. The third-order valence-corrected chi connectivity index (χ3v) is 6.30. The summed E-state index contributed by atoms with van der Waals surface area (Å²) < 4.78 is 0. The van der Waals surface area contributed by atoms with Crippen molar-refractivity contribution in [3.8, 4) is 0 Å². The molecule has 0 N–H and O–H groups in total. The molecule has 3 saturated heterocycles. The number of nitrogens with zero attached hydrogens (tertiary/aromatic N) is 3. The van der Waals surface area contributed by atoms with E-state index in [1.807, 2.05) is 30.1 Å². The number of benzene rings is 1. The first-order valence-electron chi connectivity index (χ1n) is 9.90. The van der Waals surface area contributed by atoms with Crippen molar-refractivity contribution >= 4 is 11.8 Å². The fraction of sp³-hybridized carbons (Fsp3) is 0.619. The third-order valence-electron chi connectivity index (χ3n) is 6.30. The van der Waals surface area contributed by atoms with Crippen LogP contribution in [0, 0.1) is 11.8 Å². The zero-order chi connectivity index (χ0) is 18.1. The Morgan fingerprint density at radius 3 is 2.81 bits per heavy atom. The summed E-state index contributed by atoms with van der Waals surface area (Å²) in [4.78, 5) is 31.2. The van der Waals surface area contributed by atoms with E-state index in [1.54, 1.807) is 0 Å². The summed E-state index contributed by atoms with van der Waals surface area (Å²) in [7, 11) is 1.89. The zero-order valence-electron chi connectivity index (χ0n) is 15.6. The van der Waals surface area contributed by atoms with E-state index in [2.05, 4.69) is 21.9 Å². The minimum atomic E-state index is 0.186. The average Bonchev–Trinajstić information content (AvgIpc) is 2.63. The van der Waals surface area contributed by atoms with Crippen LogP contribution in [0.1, 0.15) is 31.2 Å². The fourth-order valence-corrected chi connectivity index (χ4v) is 5.10. The SMILES string of the molecule is CN(Cc1ccccc1)C(=O)CN1C[C@H]2C[C@H](C1)[C@H]1CCCC(=O)N1C2. The van der Waals surface area contributed by atoms with Gasteiger partial charge in [0.1, 0.15) is 0 Å². The summed E-state index contributed by atoms with van der Waals surface area (Å²) in [5, 5.41) is 0. The van der Waals surface area contributed by atoms with Gasteiger partial charge in [-0.2, -0.15) is 0 Å². The lowest BCUT2D eigenvalue weighted by Gasteiger charge is -2.52. The standard InChI is InChI=1S/C21H29N3O2/c1-22(11-16-6-3-2-4-7-16)21(26)15-23-12-17-10-18(14-23)19-8-5-9-20(25)24(19)13-17/h2-4,6-7,17-19H,5,8-15H2,1H3/t17-,18-,19-/m1/s1. The Morgan fingerprint density at radius 1 is 1.19 bits per heavy atom. The van der Waals surface area contributed by atoms with Crippen LogP contribution < -0.4 is 0 Å². The molecule has 3 aliphatic heterocycles. The Kier molecular flexibility index (Phi) is 4.98. The largest absolute Gasteiger partial charge is 0.340 e. The summed E-state index contributed by atoms with van der Waals surface area (Å²) in [5.74, 6) is 1.60. The topological polar surface area (TPSA) is 43.9 Å². The molecule has 4 rings (SSSR count). The Hall–Kier alpha value is -1.88. The summed E-state index contributed by atoms with van der Waals surface area (Å²) >= 11 is 0. The molecule has 0 aromatic heterocycles. The number of carbonyl (C=O) groups is 2. The molecule has 3 atom stereocenters. The molecule has 5 nitrogen and oxygen atoms in total. The number of piperidine rings is 3. The van der Waals surface area contributed by atoms with Gasteiger partial charge in [-0.05, 0) is 36.7 Å². The van der Waals surface area contributed by atoms with Crippen molar-refractivity contribution in [2.24, 2.45) is 11.8 Å². The van der Waals surface area contributed by atoms with Gasteiger partial charge in [-0.15, -0.1) is 0 Å². The second-order valence-corrected chi connectivity index (χ2v) is 8.30. The predicted molar refractivity (Wildman–Crippen MR) is 100 cm³/mol. The van der Waals surface area contributed by atoms with Crippen LogP contribution >= 0.6 is 0 Å². The normalized spacial score (nSPS) is 28.6. The fourth-order valence-electron chi connectivity index (χ4n) is 5.10. The van der Waals surface area contributed by atoms with Crippen LogP contribution in [-0.4, -0.2) is 65.8 Å². The van der Waals surface area contributed by atoms with Crippen molar-refractivity contribution in [3.63, 3.8) is 0 Å². The van der Waals surface area contributed by atoms with Crippen LogP contribution in [0.15, 0.2) is 30.3 Å². The first-order chi connectivity index (χ1) is 12.6. The van der Waals surface area contributed by atoms with E-state index in [9.17, 15) is 9.59 Å². The molecule has 0 unspecified atom stereocenters. The monoisotopic (exact) mass is 355 g/mol. The molecule has 3 heterocycles. The number of carbonyl (C=O) groups excluding carboxylic acids is 2. The van der Waals surface area contributed by atoms with Crippen molar-refractivity contribution < 1.29 is 9.59 Å². The summed E-state index contributed by atoms with van der Waals surface area (Å²) in [5.41, 5.74) is 1.16. The molecule has 0 saturated carbocycles. The van der Waals surface area contributed by atoms with E-state index in [4.69, 9.17) is 0 Å². The van der Waals surface area contributed by atoms with Gasteiger partial charge in [0.25, 0.3) is 0 Å². The first kappa shape index (κ1) is 17.5. The predicted octanol–water partition coefficient (Wildman–Crippen LogP) is 1.98. The Morgan fingerprint density at radius 2 is 2.00 bits per heavy atom. The number of hydrogen-bond acceptors (Lipinski definition) is 3. The molecule has 26 heavy (non-hydrogen) atoms. The van der Waals surface area contributed by atoms with Crippen LogP contribution in [-0.2, 0) is 16.1 Å². The van der Waals surface area contributed by atoms with Crippen molar-refractivity contribution in [1.82, 2.24) is 14.7 Å². The number of amides is 2. The molecular formula is C21H29N3O2. The summed E-state index contributed by atoms with van der Waals surface area (Å²) in [6.07, 6.45) is 4.11. The summed E-state index contributed by atoms with van der Waals surface area (Å²) in [6, 6.07) is 10.5. The number of fused-ring (bicyclic) bond motifs is 4. The van der Waals surface area contributed by atoms with E-state index in [0.29, 0.717) is 36.9 Å². The molecule has 2 bridgehead atoms. The smallest absolute Gasteiger partial charge is 0.236 e.